The van der Waals surface area contributed by atoms with E-state index in [0.717, 1.165) is 22.5 Å². The van der Waals surface area contributed by atoms with Gasteiger partial charge in [-0.1, -0.05) is 18.2 Å². The summed E-state index contributed by atoms with van der Waals surface area (Å²) >= 11 is 0. The van der Waals surface area contributed by atoms with Crippen molar-refractivity contribution in [2.75, 3.05) is 12.8 Å². The summed E-state index contributed by atoms with van der Waals surface area (Å²) in [6, 6.07) is 10.1. The van der Waals surface area contributed by atoms with Gasteiger partial charge < -0.3 is 10.5 Å². The largest absolute Gasteiger partial charge is 0.467 e. The number of anilines is 1. The maximum Gasteiger partial charge on any atom is 0.316 e. The summed E-state index contributed by atoms with van der Waals surface area (Å²) in [6.07, 6.45) is 3.35. The SMILES string of the molecule is COc1ncc(-c2nn(-c3ccccc3)c(N)c2C)cn1. The van der Waals surface area contributed by atoms with Gasteiger partial charge in [0.05, 0.1) is 12.8 Å². The van der Waals surface area contributed by atoms with E-state index in [-0.39, 0.29) is 0 Å². The molecule has 2 N–H and O–H groups in total. The summed E-state index contributed by atoms with van der Waals surface area (Å²) < 4.78 is 6.68. The molecule has 0 saturated carbocycles. The van der Waals surface area contributed by atoms with Crippen molar-refractivity contribution in [3.8, 4) is 23.0 Å². The van der Waals surface area contributed by atoms with Crippen LogP contribution in [0, 0.1) is 6.92 Å². The third-order valence-corrected chi connectivity index (χ3v) is 3.25. The highest BCUT2D eigenvalue weighted by atomic mass is 16.5. The number of nitrogens with two attached hydrogens (primary N) is 1. The second-order valence-electron chi connectivity index (χ2n) is 4.56. The second kappa shape index (κ2) is 5.24. The molecule has 0 fully saturated rings. The Bertz CT molecular complexity index is 750. The lowest BCUT2D eigenvalue weighted by atomic mass is 10.1. The maximum absolute atomic E-state index is 6.16. The van der Waals surface area contributed by atoms with E-state index in [4.69, 9.17) is 10.5 Å². The van der Waals surface area contributed by atoms with Crippen molar-refractivity contribution in [2.45, 2.75) is 6.92 Å². The number of methoxy groups -OCH3 is 1. The van der Waals surface area contributed by atoms with Crippen molar-refractivity contribution in [3.63, 3.8) is 0 Å². The lowest BCUT2D eigenvalue weighted by Crippen LogP contribution is -2.01. The zero-order chi connectivity index (χ0) is 14.8. The highest BCUT2D eigenvalue weighted by Gasteiger charge is 2.15. The Morgan fingerprint density at radius 1 is 1.10 bits per heavy atom. The molecule has 1 aromatic carbocycles. The van der Waals surface area contributed by atoms with E-state index in [2.05, 4.69) is 15.1 Å². The van der Waals surface area contributed by atoms with Gasteiger partial charge in [0, 0.05) is 23.5 Å². The molecule has 0 unspecified atom stereocenters. The molecule has 0 radical (unpaired) electrons. The number of hydrogen-bond acceptors (Lipinski definition) is 5. The summed E-state index contributed by atoms with van der Waals surface area (Å²) in [5.41, 5.74) is 9.54. The number of aromatic nitrogens is 4. The zero-order valence-electron chi connectivity index (χ0n) is 11.8. The molecule has 0 atom stereocenters. The van der Waals surface area contributed by atoms with Crippen molar-refractivity contribution in [2.24, 2.45) is 0 Å². The summed E-state index contributed by atoms with van der Waals surface area (Å²) in [4.78, 5) is 8.21. The lowest BCUT2D eigenvalue weighted by molar-refractivity contribution is 0.380. The Morgan fingerprint density at radius 2 is 1.76 bits per heavy atom. The number of para-hydroxylation sites is 1. The van der Waals surface area contributed by atoms with E-state index < -0.39 is 0 Å². The van der Waals surface area contributed by atoms with Crippen LogP contribution in [0.5, 0.6) is 6.01 Å². The first-order valence-electron chi connectivity index (χ1n) is 6.47. The predicted octanol–water partition coefficient (Wildman–Crippen LogP) is 2.23. The molecule has 6 nitrogen and oxygen atoms in total. The predicted molar refractivity (Wildman–Crippen MR) is 80.3 cm³/mol. The van der Waals surface area contributed by atoms with Crippen molar-refractivity contribution >= 4 is 5.82 Å². The Morgan fingerprint density at radius 3 is 2.38 bits per heavy atom. The Hall–Kier alpha value is -2.89. The minimum absolute atomic E-state index is 0.326. The normalized spacial score (nSPS) is 10.6. The molecule has 21 heavy (non-hydrogen) atoms. The molecule has 2 aromatic heterocycles. The van der Waals surface area contributed by atoms with Crippen LogP contribution in [-0.4, -0.2) is 26.9 Å². The molecule has 6 heteroatoms. The van der Waals surface area contributed by atoms with E-state index in [1.165, 1.54) is 7.11 Å². The molecule has 0 aliphatic rings. The number of hydrogen-bond donors (Lipinski definition) is 1. The molecule has 0 amide bonds. The third kappa shape index (κ3) is 2.31. The van der Waals surface area contributed by atoms with Crippen molar-refractivity contribution in [3.05, 3.63) is 48.3 Å². The average Bonchev–Trinajstić information content (AvgIpc) is 2.84. The minimum Gasteiger partial charge on any atom is -0.467 e. The summed E-state index contributed by atoms with van der Waals surface area (Å²) in [5, 5.41) is 4.58. The van der Waals surface area contributed by atoms with Crippen LogP contribution in [0.2, 0.25) is 0 Å². The van der Waals surface area contributed by atoms with Crippen LogP contribution in [0.1, 0.15) is 5.56 Å². The zero-order valence-corrected chi connectivity index (χ0v) is 11.8. The molecule has 0 aliphatic heterocycles. The number of rotatable bonds is 3. The Labute approximate surface area is 122 Å². The monoisotopic (exact) mass is 281 g/mol. The molecule has 0 saturated heterocycles. The minimum atomic E-state index is 0.326. The second-order valence-corrected chi connectivity index (χ2v) is 4.56. The van der Waals surface area contributed by atoms with E-state index in [0.29, 0.717) is 11.8 Å². The van der Waals surface area contributed by atoms with Crippen LogP contribution in [0.4, 0.5) is 5.82 Å². The van der Waals surface area contributed by atoms with E-state index in [1.54, 1.807) is 17.1 Å². The van der Waals surface area contributed by atoms with Gasteiger partial charge in [-0.25, -0.2) is 14.6 Å². The Kier molecular flexibility index (Phi) is 3.27. The highest BCUT2D eigenvalue weighted by Crippen LogP contribution is 2.27. The smallest absolute Gasteiger partial charge is 0.316 e. The fraction of sp³-hybridized carbons (Fsp3) is 0.133. The quantitative estimate of drug-likeness (QED) is 0.796. The standard InChI is InChI=1S/C15H15N5O/c1-10-13(11-8-17-15(21-2)18-9-11)19-20(14(10)16)12-6-4-3-5-7-12/h3-9H,16H2,1-2H3. The number of nitrogen functional groups attached to an aromatic ring is 1. The molecule has 0 aliphatic carbocycles. The molecule has 0 bridgehead atoms. The van der Waals surface area contributed by atoms with Gasteiger partial charge >= 0.3 is 6.01 Å². The van der Waals surface area contributed by atoms with E-state index in [1.807, 2.05) is 37.3 Å². The molecular formula is C15H15N5O. The first-order chi connectivity index (χ1) is 10.2. The van der Waals surface area contributed by atoms with Crippen molar-refractivity contribution < 1.29 is 4.74 Å². The topological polar surface area (TPSA) is 78.9 Å². The maximum atomic E-state index is 6.16. The van der Waals surface area contributed by atoms with Gasteiger partial charge in [-0.15, -0.1) is 0 Å². The molecule has 3 aromatic rings. The number of benzene rings is 1. The van der Waals surface area contributed by atoms with Crippen LogP contribution in [0.25, 0.3) is 16.9 Å². The summed E-state index contributed by atoms with van der Waals surface area (Å²) in [5.74, 6) is 0.604. The molecule has 2 heterocycles. The number of nitrogens with zero attached hydrogens (tertiary/aromatic N) is 4. The van der Waals surface area contributed by atoms with Crippen molar-refractivity contribution in [1.29, 1.82) is 0 Å². The van der Waals surface area contributed by atoms with E-state index >= 15 is 0 Å². The first kappa shape index (κ1) is 13.1. The van der Waals surface area contributed by atoms with Gasteiger partial charge in [0.1, 0.15) is 11.5 Å². The fourth-order valence-electron chi connectivity index (χ4n) is 2.09. The molecular weight excluding hydrogens is 266 g/mol. The third-order valence-electron chi connectivity index (χ3n) is 3.25. The van der Waals surface area contributed by atoms with Gasteiger partial charge in [0.2, 0.25) is 0 Å². The molecule has 3 rings (SSSR count). The van der Waals surface area contributed by atoms with Crippen molar-refractivity contribution in [1.82, 2.24) is 19.7 Å². The van der Waals surface area contributed by atoms with Gasteiger partial charge in [-0.3, -0.25) is 0 Å². The van der Waals surface area contributed by atoms with Gasteiger partial charge in [0.15, 0.2) is 0 Å². The fourth-order valence-corrected chi connectivity index (χ4v) is 2.09. The van der Waals surface area contributed by atoms with Gasteiger partial charge in [-0.2, -0.15) is 5.10 Å². The van der Waals surface area contributed by atoms with Crippen LogP contribution in [-0.2, 0) is 0 Å². The van der Waals surface area contributed by atoms with E-state index in [9.17, 15) is 0 Å². The van der Waals surface area contributed by atoms with Crippen LogP contribution in [0.3, 0.4) is 0 Å². The van der Waals surface area contributed by atoms with Crippen LogP contribution >= 0.6 is 0 Å². The Balaban J connectivity index is 2.08. The first-order valence-corrected chi connectivity index (χ1v) is 6.47. The average molecular weight is 281 g/mol. The van der Waals surface area contributed by atoms with Gasteiger partial charge in [-0.05, 0) is 19.1 Å². The highest BCUT2D eigenvalue weighted by molar-refractivity contribution is 5.68. The lowest BCUT2D eigenvalue weighted by Gasteiger charge is -2.02. The summed E-state index contributed by atoms with van der Waals surface area (Å²) in [6.45, 7) is 1.93. The number of ether oxygens (including phenoxy) is 1. The van der Waals surface area contributed by atoms with Gasteiger partial charge in [0.25, 0.3) is 0 Å². The molecule has 106 valence electrons. The van der Waals surface area contributed by atoms with Crippen LogP contribution in [0.15, 0.2) is 42.7 Å². The van der Waals surface area contributed by atoms with Crippen LogP contribution < -0.4 is 10.5 Å². The summed E-state index contributed by atoms with van der Waals surface area (Å²) in [7, 11) is 1.53. The molecule has 0 spiro atoms.